The van der Waals surface area contributed by atoms with Crippen LogP contribution in [0.4, 0.5) is 5.69 Å². The highest BCUT2D eigenvalue weighted by Gasteiger charge is 2.12. The van der Waals surface area contributed by atoms with Crippen LogP contribution in [0.2, 0.25) is 10.0 Å². The Morgan fingerprint density at radius 3 is 2.70 bits per heavy atom. The van der Waals surface area contributed by atoms with Crippen molar-refractivity contribution < 1.29 is 13.9 Å². The van der Waals surface area contributed by atoms with Gasteiger partial charge in [-0.05, 0) is 41.1 Å². The van der Waals surface area contributed by atoms with Gasteiger partial charge < -0.3 is 14.5 Å². The third-order valence-corrected chi connectivity index (χ3v) is 5.43. The van der Waals surface area contributed by atoms with Crippen molar-refractivity contribution in [2.75, 3.05) is 11.1 Å². The lowest BCUT2D eigenvalue weighted by Crippen LogP contribution is -2.14. The molecule has 30 heavy (non-hydrogen) atoms. The van der Waals surface area contributed by atoms with Crippen LogP contribution in [0.3, 0.4) is 0 Å². The number of halogens is 2. The normalized spacial score (nSPS) is 10.9. The molecule has 0 saturated carbocycles. The summed E-state index contributed by atoms with van der Waals surface area (Å²) in [7, 11) is 0. The third-order valence-electron chi connectivity index (χ3n) is 4.06. The maximum atomic E-state index is 12.1. The van der Waals surface area contributed by atoms with E-state index in [0.717, 1.165) is 22.5 Å². The molecule has 0 spiro atoms. The van der Waals surface area contributed by atoms with E-state index in [1.54, 1.807) is 18.2 Å². The second-order valence-electron chi connectivity index (χ2n) is 6.22. The van der Waals surface area contributed by atoms with Crippen LogP contribution in [-0.4, -0.2) is 21.9 Å². The van der Waals surface area contributed by atoms with E-state index in [1.165, 1.54) is 0 Å². The van der Waals surface area contributed by atoms with Crippen LogP contribution >= 0.6 is 35.0 Å². The highest BCUT2D eigenvalue weighted by atomic mass is 35.5. The minimum Gasteiger partial charge on any atom is -0.484 e. The van der Waals surface area contributed by atoms with Gasteiger partial charge >= 0.3 is 0 Å². The number of thioether (sulfide) groups is 1. The van der Waals surface area contributed by atoms with E-state index in [0.29, 0.717) is 27.4 Å². The molecule has 0 saturated heterocycles. The van der Waals surface area contributed by atoms with Crippen molar-refractivity contribution in [3.63, 3.8) is 0 Å². The highest BCUT2D eigenvalue weighted by Crippen LogP contribution is 2.26. The molecule has 4 aromatic rings. The van der Waals surface area contributed by atoms with E-state index < -0.39 is 0 Å². The Bertz CT molecular complexity index is 1200. The standard InChI is InChI=1S/C21H15Cl2N3O3S/c22-15-6-8-18(17(23)10-15)24-19(27)12-30-21-26-25-20(29-21)11-28-16-7-5-13-3-1-2-4-14(13)9-16/h1-10H,11-12H2,(H,24,27). The molecule has 0 fully saturated rings. The van der Waals surface area contributed by atoms with Gasteiger partial charge in [0.25, 0.3) is 11.1 Å². The molecule has 1 N–H and O–H groups in total. The number of amides is 1. The Hall–Kier alpha value is -2.74. The smallest absolute Gasteiger partial charge is 0.277 e. The van der Waals surface area contributed by atoms with E-state index in [1.807, 2.05) is 42.5 Å². The second-order valence-corrected chi connectivity index (χ2v) is 7.99. The van der Waals surface area contributed by atoms with E-state index in [4.69, 9.17) is 32.4 Å². The average Bonchev–Trinajstić information content (AvgIpc) is 3.20. The largest absolute Gasteiger partial charge is 0.484 e. The number of rotatable bonds is 7. The van der Waals surface area contributed by atoms with Crippen molar-refractivity contribution in [1.82, 2.24) is 10.2 Å². The van der Waals surface area contributed by atoms with Gasteiger partial charge in [-0.3, -0.25) is 4.79 Å². The number of hydrogen-bond acceptors (Lipinski definition) is 6. The molecule has 0 radical (unpaired) electrons. The summed E-state index contributed by atoms with van der Waals surface area (Å²) in [6.07, 6.45) is 0. The van der Waals surface area contributed by atoms with E-state index in [2.05, 4.69) is 15.5 Å². The first-order valence-corrected chi connectivity index (χ1v) is 10.6. The molecule has 1 amide bonds. The summed E-state index contributed by atoms with van der Waals surface area (Å²) in [5.74, 6) is 0.870. The summed E-state index contributed by atoms with van der Waals surface area (Å²) in [4.78, 5) is 12.1. The quantitative estimate of drug-likeness (QED) is 0.349. The van der Waals surface area contributed by atoms with E-state index in [9.17, 15) is 4.79 Å². The number of ether oxygens (including phenoxy) is 1. The Morgan fingerprint density at radius 2 is 1.87 bits per heavy atom. The lowest BCUT2D eigenvalue weighted by molar-refractivity contribution is -0.113. The van der Waals surface area contributed by atoms with Gasteiger partial charge in [0.05, 0.1) is 16.5 Å². The molecule has 152 valence electrons. The first-order chi connectivity index (χ1) is 14.6. The predicted octanol–water partition coefficient (Wildman–Crippen LogP) is 5.84. The zero-order chi connectivity index (χ0) is 20.9. The average molecular weight is 460 g/mol. The lowest BCUT2D eigenvalue weighted by atomic mass is 10.1. The molecule has 4 rings (SSSR count). The SMILES string of the molecule is O=C(CSc1nnc(COc2ccc3ccccc3c2)o1)Nc1ccc(Cl)cc1Cl. The molecule has 0 aliphatic carbocycles. The van der Waals surface area contributed by atoms with Gasteiger partial charge in [0.2, 0.25) is 5.91 Å². The van der Waals surface area contributed by atoms with Crippen LogP contribution in [0.15, 0.2) is 70.3 Å². The topological polar surface area (TPSA) is 77.2 Å². The summed E-state index contributed by atoms with van der Waals surface area (Å²) in [6, 6.07) is 18.7. The number of fused-ring (bicyclic) bond motifs is 1. The van der Waals surface area contributed by atoms with Crippen LogP contribution < -0.4 is 10.1 Å². The minimum atomic E-state index is -0.253. The van der Waals surface area contributed by atoms with Crippen molar-refractivity contribution in [2.24, 2.45) is 0 Å². The molecule has 0 bridgehead atoms. The number of carbonyl (C=O) groups excluding carboxylic acids is 1. The molecular weight excluding hydrogens is 445 g/mol. The zero-order valence-electron chi connectivity index (χ0n) is 15.5. The molecule has 0 atom stereocenters. The molecular formula is C21H15Cl2N3O3S. The molecule has 1 aromatic heterocycles. The summed E-state index contributed by atoms with van der Waals surface area (Å²) >= 11 is 13.0. The van der Waals surface area contributed by atoms with Gasteiger partial charge in [0, 0.05) is 5.02 Å². The fourth-order valence-corrected chi connectivity index (χ4v) is 3.70. The van der Waals surface area contributed by atoms with Crippen LogP contribution in [-0.2, 0) is 11.4 Å². The first kappa shape index (κ1) is 20.5. The van der Waals surface area contributed by atoms with Gasteiger partial charge in [-0.25, -0.2) is 0 Å². The van der Waals surface area contributed by atoms with Gasteiger partial charge in [-0.1, -0.05) is 65.3 Å². The van der Waals surface area contributed by atoms with Gasteiger partial charge in [-0.2, -0.15) is 0 Å². The van der Waals surface area contributed by atoms with Crippen LogP contribution in [0.1, 0.15) is 5.89 Å². The number of aromatic nitrogens is 2. The first-order valence-electron chi connectivity index (χ1n) is 8.88. The fourth-order valence-electron chi connectivity index (χ4n) is 2.66. The molecule has 0 aliphatic rings. The minimum absolute atomic E-state index is 0.0894. The molecule has 9 heteroatoms. The van der Waals surface area contributed by atoms with Crippen molar-refractivity contribution in [2.45, 2.75) is 11.8 Å². The van der Waals surface area contributed by atoms with Crippen LogP contribution in [0.25, 0.3) is 10.8 Å². The maximum absolute atomic E-state index is 12.1. The van der Waals surface area contributed by atoms with Gasteiger partial charge in [0.15, 0.2) is 6.61 Å². The fraction of sp³-hybridized carbons (Fsp3) is 0.0952. The van der Waals surface area contributed by atoms with Crippen LogP contribution in [0, 0.1) is 0 Å². The number of hydrogen-bond donors (Lipinski definition) is 1. The van der Waals surface area contributed by atoms with Gasteiger partial charge in [0.1, 0.15) is 5.75 Å². The van der Waals surface area contributed by atoms with Crippen molar-refractivity contribution in [3.8, 4) is 5.75 Å². The number of benzene rings is 3. The predicted molar refractivity (Wildman–Crippen MR) is 118 cm³/mol. The molecule has 6 nitrogen and oxygen atoms in total. The molecule has 3 aromatic carbocycles. The summed E-state index contributed by atoms with van der Waals surface area (Å²) in [5, 5.41) is 14.0. The summed E-state index contributed by atoms with van der Waals surface area (Å²) < 4.78 is 11.3. The Balaban J connectivity index is 1.28. The molecule has 0 unspecified atom stereocenters. The highest BCUT2D eigenvalue weighted by molar-refractivity contribution is 7.99. The summed E-state index contributed by atoms with van der Waals surface area (Å²) in [5.41, 5.74) is 0.488. The third kappa shape index (κ3) is 5.24. The number of anilines is 1. The Kier molecular flexibility index (Phi) is 6.42. The van der Waals surface area contributed by atoms with Crippen molar-refractivity contribution in [3.05, 3.63) is 76.6 Å². The van der Waals surface area contributed by atoms with E-state index >= 15 is 0 Å². The lowest BCUT2D eigenvalue weighted by Gasteiger charge is -2.06. The molecule has 1 heterocycles. The van der Waals surface area contributed by atoms with Gasteiger partial charge in [-0.15, -0.1) is 10.2 Å². The molecule has 0 aliphatic heterocycles. The van der Waals surface area contributed by atoms with Crippen LogP contribution in [0.5, 0.6) is 5.75 Å². The Labute approximate surface area is 186 Å². The number of carbonyl (C=O) groups is 1. The summed E-state index contributed by atoms with van der Waals surface area (Å²) in [6.45, 7) is 0.137. The number of nitrogens with one attached hydrogen (secondary N) is 1. The van der Waals surface area contributed by atoms with Crippen molar-refractivity contribution in [1.29, 1.82) is 0 Å². The maximum Gasteiger partial charge on any atom is 0.277 e. The Morgan fingerprint density at radius 1 is 1.03 bits per heavy atom. The second kappa shape index (κ2) is 9.38. The van der Waals surface area contributed by atoms with E-state index in [-0.39, 0.29) is 23.5 Å². The number of nitrogens with zero attached hydrogens (tertiary/aromatic N) is 2. The zero-order valence-corrected chi connectivity index (χ0v) is 17.8. The monoisotopic (exact) mass is 459 g/mol. The van der Waals surface area contributed by atoms with Crippen molar-refractivity contribution >= 4 is 57.3 Å².